The Kier molecular flexibility index (Phi) is 4.93. The summed E-state index contributed by atoms with van der Waals surface area (Å²) in [7, 11) is 1.52. The third-order valence-corrected chi connectivity index (χ3v) is 3.55. The molecule has 0 radical (unpaired) electrons. The third-order valence-electron chi connectivity index (χ3n) is 2.84. The second-order valence-corrected chi connectivity index (χ2v) is 5.57. The minimum absolute atomic E-state index is 0.193. The fourth-order valence-corrected chi connectivity index (χ4v) is 2.42. The summed E-state index contributed by atoms with van der Waals surface area (Å²) < 4.78 is 6.08. The number of hydrogen-bond donors (Lipinski definition) is 2. The first kappa shape index (κ1) is 15.5. The predicted molar refractivity (Wildman–Crippen MR) is 91.0 cm³/mol. The number of benzene rings is 2. The highest BCUT2D eigenvalue weighted by molar-refractivity contribution is 9.10. The maximum absolute atomic E-state index is 12.3. The molecule has 0 aliphatic heterocycles. The smallest absolute Gasteiger partial charge is 0.255 e. The fraction of sp³-hybridized carbons (Fsp3) is 0.0667. The van der Waals surface area contributed by atoms with Crippen LogP contribution in [0.1, 0.15) is 15.9 Å². The second kappa shape index (κ2) is 6.69. The number of hydrogen-bond acceptors (Lipinski definition) is 3. The number of halogens is 1. The molecule has 6 heteroatoms. The summed E-state index contributed by atoms with van der Waals surface area (Å²) in [6, 6.07) is 12.3. The van der Waals surface area contributed by atoms with E-state index in [1.54, 1.807) is 36.4 Å². The van der Waals surface area contributed by atoms with Gasteiger partial charge < -0.3 is 15.8 Å². The molecule has 0 aliphatic carbocycles. The highest BCUT2D eigenvalue weighted by atomic mass is 79.9. The minimum atomic E-state index is -0.265. The van der Waals surface area contributed by atoms with E-state index >= 15 is 0 Å². The zero-order valence-electron chi connectivity index (χ0n) is 11.2. The van der Waals surface area contributed by atoms with Crippen LogP contribution in [-0.4, -0.2) is 18.0 Å². The van der Waals surface area contributed by atoms with Crippen LogP contribution in [0.5, 0.6) is 5.75 Å². The molecule has 4 nitrogen and oxygen atoms in total. The Morgan fingerprint density at radius 1 is 1.29 bits per heavy atom. The monoisotopic (exact) mass is 364 g/mol. The molecule has 0 fully saturated rings. The van der Waals surface area contributed by atoms with Crippen molar-refractivity contribution in [2.45, 2.75) is 0 Å². The van der Waals surface area contributed by atoms with E-state index in [0.29, 0.717) is 22.6 Å². The summed E-state index contributed by atoms with van der Waals surface area (Å²) >= 11 is 8.35. The molecule has 2 aromatic rings. The number of ether oxygens (including phenoxy) is 1. The SMILES string of the molecule is COc1cccc(C(N)=S)c1NC(=O)c1cccc(Br)c1. The van der Waals surface area contributed by atoms with Gasteiger partial charge in [0, 0.05) is 15.6 Å². The number of para-hydroxylation sites is 1. The van der Waals surface area contributed by atoms with Gasteiger partial charge in [-0.05, 0) is 30.3 Å². The summed E-state index contributed by atoms with van der Waals surface area (Å²) in [5.74, 6) is 0.238. The Bertz CT molecular complexity index is 704. The third kappa shape index (κ3) is 3.59. The Balaban J connectivity index is 2.39. The number of methoxy groups -OCH3 is 1. The number of anilines is 1. The number of thiocarbonyl (C=S) groups is 1. The lowest BCUT2D eigenvalue weighted by Gasteiger charge is -2.14. The molecule has 3 N–H and O–H groups in total. The van der Waals surface area contributed by atoms with Gasteiger partial charge in [-0.3, -0.25) is 4.79 Å². The second-order valence-electron chi connectivity index (χ2n) is 4.21. The molecule has 0 bridgehead atoms. The van der Waals surface area contributed by atoms with Gasteiger partial charge in [0.05, 0.1) is 12.8 Å². The Hall–Kier alpha value is -1.92. The number of amides is 1. The molecule has 0 aromatic heterocycles. The number of rotatable bonds is 4. The molecule has 2 rings (SSSR count). The predicted octanol–water partition coefficient (Wildman–Crippen LogP) is 3.34. The van der Waals surface area contributed by atoms with E-state index in [4.69, 9.17) is 22.7 Å². The van der Waals surface area contributed by atoms with Crippen LogP contribution < -0.4 is 15.8 Å². The maximum Gasteiger partial charge on any atom is 0.255 e. The Morgan fingerprint density at radius 2 is 2.00 bits per heavy atom. The zero-order valence-corrected chi connectivity index (χ0v) is 13.6. The van der Waals surface area contributed by atoms with E-state index in [9.17, 15) is 4.79 Å². The van der Waals surface area contributed by atoms with Crippen molar-refractivity contribution in [1.82, 2.24) is 0 Å². The molecule has 0 saturated heterocycles. The lowest BCUT2D eigenvalue weighted by atomic mass is 10.1. The summed E-state index contributed by atoms with van der Waals surface area (Å²) in [6.07, 6.45) is 0. The summed E-state index contributed by atoms with van der Waals surface area (Å²) in [5, 5.41) is 2.80. The van der Waals surface area contributed by atoms with Crippen LogP contribution in [0.4, 0.5) is 5.69 Å². The summed E-state index contributed by atoms with van der Waals surface area (Å²) in [6.45, 7) is 0. The molecule has 0 spiro atoms. The van der Waals surface area contributed by atoms with Crippen LogP contribution in [0, 0.1) is 0 Å². The molecule has 108 valence electrons. The largest absolute Gasteiger partial charge is 0.495 e. The van der Waals surface area contributed by atoms with Crippen molar-refractivity contribution >= 4 is 44.7 Å². The molecule has 21 heavy (non-hydrogen) atoms. The number of nitrogens with one attached hydrogen (secondary N) is 1. The standard InChI is InChI=1S/C15H13BrN2O2S/c1-20-12-7-3-6-11(14(17)21)13(12)18-15(19)9-4-2-5-10(16)8-9/h2-8H,1H3,(H2,17,21)(H,18,19). The van der Waals surface area contributed by atoms with Crippen molar-refractivity contribution in [3.05, 3.63) is 58.1 Å². The number of carbonyl (C=O) groups is 1. The van der Waals surface area contributed by atoms with Gasteiger partial charge in [-0.2, -0.15) is 0 Å². The van der Waals surface area contributed by atoms with Crippen molar-refractivity contribution in [2.75, 3.05) is 12.4 Å². The zero-order chi connectivity index (χ0) is 15.4. The van der Waals surface area contributed by atoms with Crippen molar-refractivity contribution in [3.8, 4) is 5.75 Å². The highest BCUT2D eigenvalue weighted by Crippen LogP contribution is 2.29. The van der Waals surface area contributed by atoms with Crippen molar-refractivity contribution in [3.63, 3.8) is 0 Å². The molecule has 1 amide bonds. The normalized spacial score (nSPS) is 10.0. The molecule has 2 aromatic carbocycles. The molecule has 0 aliphatic rings. The van der Waals surface area contributed by atoms with Gasteiger partial charge in [-0.15, -0.1) is 0 Å². The van der Waals surface area contributed by atoms with Crippen LogP contribution in [0.3, 0.4) is 0 Å². The Labute approximate surface area is 136 Å². The van der Waals surface area contributed by atoms with E-state index in [2.05, 4.69) is 21.2 Å². The first-order chi connectivity index (χ1) is 10.0. The van der Waals surface area contributed by atoms with Crippen molar-refractivity contribution in [1.29, 1.82) is 0 Å². The fourth-order valence-electron chi connectivity index (χ4n) is 1.85. The average Bonchev–Trinajstić information content (AvgIpc) is 2.47. The molecule has 0 unspecified atom stereocenters. The maximum atomic E-state index is 12.3. The van der Waals surface area contributed by atoms with E-state index in [1.165, 1.54) is 7.11 Å². The van der Waals surface area contributed by atoms with E-state index in [1.807, 2.05) is 6.07 Å². The van der Waals surface area contributed by atoms with Gasteiger partial charge >= 0.3 is 0 Å². The average molecular weight is 365 g/mol. The van der Waals surface area contributed by atoms with Crippen LogP contribution in [0.15, 0.2) is 46.9 Å². The first-order valence-corrected chi connectivity index (χ1v) is 7.26. The molecular formula is C15H13BrN2O2S. The quantitative estimate of drug-likeness (QED) is 0.816. The highest BCUT2D eigenvalue weighted by Gasteiger charge is 2.15. The Morgan fingerprint density at radius 3 is 2.62 bits per heavy atom. The minimum Gasteiger partial charge on any atom is -0.495 e. The van der Waals surface area contributed by atoms with Crippen LogP contribution >= 0.6 is 28.1 Å². The lowest BCUT2D eigenvalue weighted by Crippen LogP contribution is -2.18. The summed E-state index contributed by atoms with van der Waals surface area (Å²) in [5.41, 5.74) is 7.24. The van der Waals surface area contributed by atoms with Gasteiger partial charge in [-0.1, -0.05) is 40.3 Å². The van der Waals surface area contributed by atoms with E-state index < -0.39 is 0 Å². The van der Waals surface area contributed by atoms with Crippen LogP contribution in [0.2, 0.25) is 0 Å². The van der Waals surface area contributed by atoms with E-state index in [-0.39, 0.29) is 10.9 Å². The lowest BCUT2D eigenvalue weighted by molar-refractivity contribution is 0.102. The molecule has 0 atom stereocenters. The first-order valence-electron chi connectivity index (χ1n) is 6.06. The summed E-state index contributed by atoms with van der Waals surface area (Å²) in [4.78, 5) is 12.5. The topological polar surface area (TPSA) is 64.3 Å². The van der Waals surface area contributed by atoms with Crippen LogP contribution in [-0.2, 0) is 0 Å². The van der Waals surface area contributed by atoms with Gasteiger partial charge in [-0.25, -0.2) is 0 Å². The molecule has 0 saturated carbocycles. The van der Waals surface area contributed by atoms with Crippen molar-refractivity contribution < 1.29 is 9.53 Å². The van der Waals surface area contributed by atoms with Gasteiger partial charge in [0.25, 0.3) is 5.91 Å². The van der Waals surface area contributed by atoms with Gasteiger partial charge in [0.15, 0.2) is 0 Å². The number of nitrogens with two attached hydrogens (primary N) is 1. The van der Waals surface area contributed by atoms with E-state index in [0.717, 1.165) is 4.47 Å². The van der Waals surface area contributed by atoms with Crippen LogP contribution in [0.25, 0.3) is 0 Å². The molecular weight excluding hydrogens is 352 g/mol. The number of carbonyl (C=O) groups excluding carboxylic acids is 1. The van der Waals surface area contributed by atoms with Crippen molar-refractivity contribution in [2.24, 2.45) is 5.73 Å². The molecule has 0 heterocycles. The van der Waals surface area contributed by atoms with Gasteiger partial charge in [0.1, 0.15) is 10.7 Å². The van der Waals surface area contributed by atoms with Gasteiger partial charge in [0.2, 0.25) is 0 Å².